The molecule has 14 heteroatoms. The van der Waals surface area contributed by atoms with Crippen molar-refractivity contribution in [3.63, 3.8) is 0 Å². The number of hydrogen-bond acceptors (Lipinski definition) is 11. The molecule has 0 atom stereocenters. The number of carbonyl (C=O) groups is 1. The number of β-amino-alcohol motifs (C(OH)–C–C–N with tert-alkyl or cyclic N) is 1. The number of thiophene rings is 1. The molecule has 2 saturated heterocycles. The Morgan fingerprint density at radius 3 is 2.63 bits per heavy atom. The van der Waals surface area contributed by atoms with Gasteiger partial charge in [-0.3, -0.25) is 15.2 Å². The predicted molar refractivity (Wildman–Crippen MR) is 155 cm³/mol. The molecule has 2 N–H and O–H groups in total. The molecule has 6 heterocycles. The average molecular weight is 608 g/mol. The number of amides is 1. The van der Waals surface area contributed by atoms with E-state index >= 15 is 8.78 Å². The Hall–Kier alpha value is -4.03. The first-order valence-corrected chi connectivity index (χ1v) is 14.6. The zero-order chi connectivity index (χ0) is 30.2. The Bertz CT molecular complexity index is 1860. The highest BCUT2D eigenvalue weighted by Gasteiger charge is 2.39. The Labute approximate surface area is 248 Å². The zero-order valence-electron chi connectivity index (χ0n) is 23.6. The van der Waals surface area contributed by atoms with Crippen molar-refractivity contribution < 1.29 is 28.2 Å². The fraction of sp³-hybridized carbons (Fsp3) is 0.414. The van der Waals surface area contributed by atoms with Crippen molar-refractivity contribution >= 4 is 49.4 Å². The van der Waals surface area contributed by atoms with Gasteiger partial charge in [-0.05, 0) is 31.9 Å². The lowest BCUT2D eigenvalue weighted by molar-refractivity contribution is -0.0313. The van der Waals surface area contributed by atoms with Crippen LogP contribution in [0.5, 0.6) is 0 Å². The molecule has 0 spiro atoms. The first kappa shape index (κ1) is 27.8. The number of likely N-dealkylation sites (tertiary alicyclic amines) is 1. The number of halogens is 2. The molecule has 11 nitrogen and oxygen atoms in total. The summed E-state index contributed by atoms with van der Waals surface area (Å²) in [5, 5.41) is 22.9. The van der Waals surface area contributed by atoms with Gasteiger partial charge in [-0.2, -0.15) is 5.26 Å². The Morgan fingerprint density at radius 2 is 1.93 bits per heavy atom. The largest absolute Gasteiger partial charge is 0.444 e. The summed E-state index contributed by atoms with van der Waals surface area (Å²) in [5.74, 6) is -1.01. The van der Waals surface area contributed by atoms with Crippen LogP contribution in [0.4, 0.5) is 24.5 Å². The molecule has 3 aliphatic heterocycles. The van der Waals surface area contributed by atoms with Crippen LogP contribution >= 0.6 is 11.3 Å². The van der Waals surface area contributed by atoms with Crippen LogP contribution in [0.25, 0.3) is 32.2 Å². The van der Waals surface area contributed by atoms with E-state index in [0.717, 1.165) is 17.5 Å². The molecule has 1 aromatic carbocycles. The van der Waals surface area contributed by atoms with Gasteiger partial charge in [-0.15, -0.1) is 11.3 Å². The number of carbonyl (C=O) groups excluding carboxylic acids is 1. The van der Waals surface area contributed by atoms with Crippen LogP contribution in [0.2, 0.25) is 0 Å². The molecule has 3 aromatic heterocycles. The van der Waals surface area contributed by atoms with Gasteiger partial charge in [0.05, 0.1) is 41.5 Å². The van der Waals surface area contributed by atoms with E-state index in [1.807, 2.05) is 11.0 Å². The molecule has 1 amide bonds. The summed E-state index contributed by atoms with van der Waals surface area (Å²) >= 11 is 0.852. The molecule has 7 rings (SSSR count). The van der Waals surface area contributed by atoms with Gasteiger partial charge in [0.25, 0.3) is 0 Å². The summed E-state index contributed by atoms with van der Waals surface area (Å²) in [4.78, 5) is 30.1. The van der Waals surface area contributed by atoms with E-state index < -0.39 is 23.3 Å². The van der Waals surface area contributed by atoms with Gasteiger partial charge < -0.3 is 19.5 Å². The number of aliphatic hydroxyl groups is 1. The van der Waals surface area contributed by atoms with Crippen LogP contribution in [0.15, 0.2) is 12.4 Å². The molecule has 3 aliphatic rings. The van der Waals surface area contributed by atoms with Crippen LogP contribution in [0.1, 0.15) is 37.5 Å². The van der Waals surface area contributed by atoms with E-state index in [2.05, 4.69) is 25.2 Å². The summed E-state index contributed by atoms with van der Waals surface area (Å²) < 4.78 is 42.8. The minimum absolute atomic E-state index is 0.0471. The lowest BCUT2D eigenvalue weighted by Crippen LogP contribution is -2.67. The second kappa shape index (κ2) is 10.0. The van der Waals surface area contributed by atoms with Gasteiger partial charge in [-0.25, -0.2) is 23.5 Å². The maximum atomic E-state index is 16.7. The van der Waals surface area contributed by atoms with Crippen molar-refractivity contribution in [3.05, 3.63) is 40.7 Å². The molecule has 222 valence electrons. The van der Waals surface area contributed by atoms with Gasteiger partial charge in [0.15, 0.2) is 11.6 Å². The highest BCUT2D eigenvalue weighted by molar-refractivity contribution is 7.23. The second-order valence-corrected chi connectivity index (χ2v) is 13.0. The van der Waals surface area contributed by atoms with Crippen LogP contribution in [0, 0.1) is 23.0 Å². The highest BCUT2D eigenvalue weighted by Crippen LogP contribution is 2.46. The number of benzene rings is 1. The Kier molecular flexibility index (Phi) is 6.47. The van der Waals surface area contributed by atoms with Gasteiger partial charge in [0, 0.05) is 54.8 Å². The van der Waals surface area contributed by atoms with Crippen molar-refractivity contribution in [1.29, 1.82) is 5.26 Å². The number of nitrogens with one attached hydrogen (secondary N) is 1. The van der Waals surface area contributed by atoms with Gasteiger partial charge in [0.2, 0.25) is 5.95 Å². The SMILES string of the molecule is CC(C)(C)OC(=O)Nc1sc2c(F)cnc(-c3c4c(c5cnc(N6CC(N7CC(O)C7)C6)nc5c3F)COC4)c2c1C#N. The maximum absolute atomic E-state index is 16.7. The van der Waals surface area contributed by atoms with Gasteiger partial charge >= 0.3 is 6.09 Å². The van der Waals surface area contributed by atoms with Crippen molar-refractivity contribution in [3.8, 4) is 17.3 Å². The van der Waals surface area contributed by atoms with Crippen molar-refractivity contribution in [2.45, 2.75) is 51.7 Å². The number of rotatable bonds is 4. The molecular weight excluding hydrogens is 580 g/mol. The number of pyridine rings is 1. The van der Waals surface area contributed by atoms with Crippen molar-refractivity contribution in [2.24, 2.45) is 0 Å². The van der Waals surface area contributed by atoms with Gasteiger partial charge in [0.1, 0.15) is 22.2 Å². The van der Waals surface area contributed by atoms with E-state index in [-0.39, 0.29) is 62.8 Å². The first-order valence-electron chi connectivity index (χ1n) is 13.8. The second-order valence-electron chi connectivity index (χ2n) is 11.9. The molecule has 0 aliphatic carbocycles. The smallest absolute Gasteiger partial charge is 0.412 e. The number of ether oxygens (including phenoxy) is 2. The molecule has 2 fully saturated rings. The fourth-order valence-corrected chi connectivity index (χ4v) is 6.83. The number of nitriles is 1. The topological polar surface area (TPSA) is 137 Å². The van der Waals surface area contributed by atoms with E-state index in [1.165, 1.54) is 0 Å². The third-order valence-electron chi connectivity index (χ3n) is 7.87. The summed E-state index contributed by atoms with van der Waals surface area (Å²) in [7, 11) is 0. The van der Waals surface area contributed by atoms with Crippen LogP contribution in [0.3, 0.4) is 0 Å². The Morgan fingerprint density at radius 1 is 1.19 bits per heavy atom. The third-order valence-corrected chi connectivity index (χ3v) is 8.99. The molecule has 43 heavy (non-hydrogen) atoms. The first-order chi connectivity index (χ1) is 20.5. The lowest BCUT2D eigenvalue weighted by atomic mass is 9.94. The molecule has 4 aromatic rings. The minimum atomic E-state index is -0.806. The highest BCUT2D eigenvalue weighted by atomic mass is 32.1. The number of anilines is 2. The van der Waals surface area contributed by atoms with E-state index in [0.29, 0.717) is 48.6 Å². The normalized spacial score (nSPS) is 17.6. The molecular formula is C29H27F2N7O4S. The number of aliphatic hydroxyl groups excluding tert-OH is 1. The number of fused-ring (bicyclic) bond motifs is 4. The summed E-state index contributed by atoms with van der Waals surface area (Å²) in [5.41, 5.74) is 0.591. The maximum Gasteiger partial charge on any atom is 0.412 e. The van der Waals surface area contributed by atoms with Crippen LogP contribution in [-0.2, 0) is 22.7 Å². The quantitative estimate of drug-likeness (QED) is 0.346. The van der Waals surface area contributed by atoms with Gasteiger partial charge in [-0.1, -0.05) is 0 Å². The summed E-state index contributed by atoms with van der Waals surface area (Å²) in [6.07, 6.45) is 1.49. The van der Waals surface area contributed by atoms with E-state index in [9.17, 15) is 15.2 Å². The van der Waals surface area contributed by atoms with Crippen LogP contribution < -0.4 is 10.2 Å². The van der Waals surface area contributed by atoms with E-state index in [1.54, 1.807) is 27.0 Å². The zero-order valence-corrected chi connectivity index (χ0v) is 24.4. The third kappa shape index (κ3) is 4.63. The fourth-order valence-electron chi connectivity index (χ4n) is 5.79. The van der Waals surface area contributed by atoms with Crippen LogP contribution in [-0.4, -0.2) is 75.0 Å². The number of aromatic nitrogens is 3. The number of nitrogens with zero attached hydrogens (tertiary/aromatic N) is 6. The molecule has 0 radical (unpaired) electrons. The predicted octanol–water partition coefficient (Wildman–Crippen LogP) is 4.30. The lowest BCUT2D eigenvalue weighted by Gasteiger charge is -2.50. The van der Waals surface area contributed by atoms with E-state index in [4.69, 9.17) is 9.47 Å². The van der Waals surface area contributed by atoms with Crippen molar-refractivity contribution in [1.82, 2.24) is 19.9 Å². The molecule has 0 bridgehead atoms. The standard InChI is InChI=1S/C29H27F2N7O4S/c1-29(2,3)42-28(40)36-26-15(4-32)21-24(33-6-19(30)25(21)43-26)20-18-12-41-11-17(18)16-5-34-27(35-23(16)22(20)31)38-7-13(8-38)37-9-14(39)10-37/h5-6,13-14,39H,7-12H2,1-3H3,(H,36,40). The average Bonchev–Trinajstić information content (AvgIpc) is 3.52. The minimum Gasteiger partial charge on any atom is -0.444 e. The molecule has 0 unspecified atom stereocenters. The Balaban J connectivity index is 1.34. The number of hydrogen-bond donors (Lipinski definition) is 2. The monoisotopic (exact) mass is 607 g/mol. The molecule has 0 saturated carbocycles. The summed E-state index contributed by atoms with van der Waals surface area (Å²) in [6, 6.07) is 2.32. The summed E-state index contributed by atoms with van der Waals surface area (Å²) in [6.45, 7) is 7.99. The van der Waals surface area contributed by atoms with Crippen molar-refractivity contribution in [2.75, 3.05) is 36.4 Å².